The Morgan fingerprint density at radius 3 is 2.70 bits per heavy atom. The van der Waals surface area contributed by atoms with Crippen molar-refractivity contribution in [2.75, 3.05) is 5.32 Å². The second kappa shape index (κ2) is 6.19. The Labute approximate surface area is 117 Å². The summed E-state index contributed by atoms with van der Waals surface area (Å²) in [6.45, 7) is 3.40. The smallest absolute Gasteiger partial charge is 0.224 e. The first-order chi connectivity index (χ1) is 9.56. The second-order valence-electron chi connectivity index (χ2n) is 4.71. The maximum Gasteiger partial charge on any atom is 0.224 e. The van der Waals surface area contributed by atoms with Gasteiger partial charge in [0.1, 0.15) is 5.76 Å². The van der Waals surface area contributed by atoms with Crippen LogP contribution >= 0.6 is 0 Å². The molecule has 1 aromatic heterocycles. The van der Waals surface area contributed by atoms with E-state index in [9.17, 15) is 9.59 Å². The number of ketones is 1. The van der Waals surface area contributed by atoms with Crippen molar-refractivity contribution < 1.29 is 14.0 Å². The summed E-state index contributed by atoms with van der Waals surface area (Å²) in [7, 11) is 0. The predicted molar refractivity (Wildman–Crippen MR) is 76.8 cm³/mol. The van der Waals surface area contributed by atoms with E-state index in [0.717, 1.165) is 11.3 Å². The van der Waals surface area contributed by atoms with E-state index in [-0.39, 0.29) is 11.7 Å². The van der Waals surface area contributed by atoms with Crippen molar-refractivity contribution in [3.63, 3.8) is 0 Å². The van der Waals surface area contributed by atoms with Gasteiger partial charge in [0.05, 0.1) is 6.26 Å². The molecule has 0 fully saturated rings. The maximum atomic E-state index is 11.9. The van der Waals surface area contributed by atoms with Gasteiger partial charge in [0.25, 0.3) is 0 Å². The average Bonchev–Trinajstić information content (AvgIpc) is 2.92. The Bertz CT molecular complexity index is 615. The fraction of sp³-hybridized carbons (Fsp3) is 0.250. The molecule has 1 heterocycles. The van der Waals surface area contributed by atoms with Crippen LogP contribution < -0.4 is 5.32 Å². The van der Waals surface area contributed by atoms with Crippen LogP contribution in [0.1, 0.15) is 35.0 Å². The molecule has 4 nitrogen and oxygen atoms in total. The van der Waals surface area contributed by atoms with Gasteiger partial charge in [0, 0.05) is 24.1 Å². The minimum Gasteiger partial charge on any atom is -0.469 e. The van der Waals surface area contributed by atoms with Crippen LogP contribution in [0.15, 0.2) is 41.0 Å². The van der Waals surface area contributed by atoms with E-state index in [4.69, 9.17) is 4.42 Å². The second-order valence-corrected chi connectivity index (χ2v) is 4.71. The number of aryl methyl sites for hydroxylation is 2. The molecule has 0 saturated heterocycles. The molecule has 4 heteroatoms. The number of rotatable bonds is 5. The van der Waals surface area contributed by atoms with Crippen LogP contribution in [0.25, 0.3) is 0 Å². The average molecular weight is 271 g/mol. The summed E-state index contributed by atoms with van der Waals surface area (Å²) in [5.74, 6) is 0.677. The van der Waals surface area contributed by atoms with Crippen LogP contribution in [0.5, 0.6) is 0 Å². The molecule has 104 valence electrons. The van der Waals surface area contributed by atoms with Crippen molar-refractivity contribution in [1.82, 2.24) is 0 Å². The number of benzene rings is 1. The number of hydrogen-bond donors (Lipinski definition) is 1. The van der Waals surface area contributed by atoms with Crippen molar-refractivity contribution in [1.29, 1.82) is 0 Å². The number of anilines is 1. The van der Waals surface area contributed by atoms with Gasteiger partial charge in [-0.3, -0.25) is 9.59 Å². The highest BCUT2D eigenvalue weighted by atomic mass is 16.3. The zero-order valence-electron chi connectivity index (χ0n) is 11.6. The quantitative estimate of drug-likeness (QED) is 0.848. The number of hydrogen-bond acceptors (Lipinski definition) is 3. The van der Waals surface area contributed by atoms with Crippen LogP contribution in [0.4, 0.5) is 5.69 Å². The molecule has 2 rings (SSSR count). The van der Waals surface area contributed by atoms with E-state index in [1.807, 2.05) is 19.1 Å². The highest BCUT2D eigenvalue weighted by Crippen LogP contribution is 2.18. The number of carbonyl (C=O) groups is 2. The first-order valence-electron chi connectivity index (χ1n) is 6.50. The van der Waals surface area contributed by atoms with Crippen molar-refractivity contribution >= 4 is 17.4 Å². The molecule has 0 aliphatic rings. The van der Waals surface area contributed by atoms with Gasteiger partial charge < -0.3 is 9.73 Å². The van der Waals surface area contributed by atoms with E-state index >= 15 is 0 Å². The summed E-state index contributed by atoms with van der Waals surface area (Å²) in [5, 5.41) is 2.84. The zero-order valence-corrected chi connectivity index (χ0v) is 11.6. The molecule has 0 atom stereocenters. The Hall–Kier alpha value is -2.36. The van der Waals surface area contributed by atoms with Crippen molar-refractivity contribution in [3.05, 3.63) is 53.5 Å². The van der Waals surface area contributed by atoms with Gasteiger partial charge in [0.15, 0.2) is 5.78 Å². The van der Waals surface area contributed by atoms with Crippen molar-refractivity contribution in [2.45, 2.75) is 26.7 Å². The van der Waals surface area contributed by atoms with Gasteiger partial charge in [-0.05, 0) is 37.6 Å². The topological polar surface area (TPSA) is 59.3 Å². The van der Waals surface area contributed by atoms with Crippen molar-refractivity contribution in [3.8, 4) is 0 Å². The van der Waals surface area contributed by atoms with E-state index in [1.54, 1.807) is 24.5 Å². The Kier molecular flexibility index (Phi) is 4.35. The van der Waals surface area contributed by atoms with Crippen LogP contribution in [-0.2, 0) is 11.2 Å². The van der Waals surface area contributed by atoms with Gasteiger partial charge in [-0.15, -0.1) is 0 Å². The molecule has 0 spiro atoms. The van der Waals surface area contributed by atoms with Crippen LogP contribution in [0.3, 0.4) is 0 Å². The molecule has 1 N–H and O–H groups in total. The van der Waals surface area contributed by atoms with E-state index in [0.29, 0.717) is 24.1 Å². The van der Waals surface area contributed by atoms with Crippen LogP contribution in [0, 0.1) is 6.92 Å². The minimum absolute atomic E-state index is 0.0175. The predicted octanol–water partition coefficient (Wildman–Crippen LogP) is 3.36. The highest BCUT2D eigenvalue weighted by Gasteiger charge is 2.08. The number of amides is 1. The van der Waals surface area contributed by atoms with Gasteiger partial charge >= 0.3 is 0 Å². The van der Waals surface area contributed by atoms with E-state index in [1.165, 1.54) is 6.92 Å². The van der Waals surface area contributed by atoms with Gasteiger partial charge in [-0.25, -0.2) is 0 Å². The van der Waals surface area contributed by atoms with Crippen LogP contribution in [-0.4, -0.2) is 11.7 Å². The fourth-order valence-electron chi connectivity index (χ4n) is 1.88. The molecule has 0 radical (unpaired) electrons. The summed E-state index contributed by atoms with van der Waals surface area (Å²) < 4.78 is 5.18. The Balaban J connectivity index is 2.00. The monoisotopic (exact) mass is 271 g/mol. The fourth-order valence-corrected chi connectivity index (χ4v) is 1.88. The molecule has 1 amide bonds. The Morgan fingerprint density at radius 1 is 1.25 bits per heavy atom. The van der Waals surface area contributed by atoms with Gasteiger partial charge in [-0.2, -0.15) is 0 Å². The molecule has 20 heavy (non-hydrogen) atoms. The highest BCUT2D eigenvalue weighted by molar-refractivity contribution is 5.97. The number of furan rings is 1. The molecule has 0 saturated carbocycles. The van der Waals surface area contributed by atoms with Crippen LogP contribution in [0.2, 0.25) is 0 Å². The summed E-state index contributed by atoms with van der Waals surface area (Å²) in [6.07, 6.45) is 2.50. The van der Waals surface area contributed by atoms with Gasteiger partial charge in [0.2, 0.25) is 5.91 Å². The number of Topliss-reactive ketones (excluding diaryl/α,β-unsaturated/α-hetero) is 1. The summed E-state index contributed by atoms with van der Waals surface area (Å²) >= 11 is 0. The van der Waals surface area contributed by atoms with E-state index < -0.39 is 0 Å². The summed E-state index contributed by atoms with van der Waals surface area (Å²) in [4.78, 5) is 23.3. The SMILES string of the molecule is CC(=O)c1ccc(C)c(NC(=O)CCc2ccco2)c1. The third-order valence-corrected chi connectivity index (χ3v) is 3.10. The number of nitrogens with one attached hydrogen (secondary N) is 1. The molecule has 1 aromatic carbocycles. The molecule has 2 aromatic rings. The lowest BCUT2D eigenvalue weighted by Gasteiger charge is -2.09. The first kappa shape index (κ1) is 14.1. The molecular weight excluding hydrogens is 254 g/mol. The molecular formula is C16H17NO3. The lowest BCUT2D eigenvalue weighted by molar-refractivity contribution is -0.116. The standard InChI is InChI=1S/C16H17NO3/c1-11-5-6-13(12(2)18)10-15(11)17-16(19)8-7-14-4-3-9-20-14/h3-6,9-10H,7-8H2,1-2H3,(H,17,19). The Morgan fingerprint density at radius 2 is 2.05 bits per heavy atom. The molecule has 0 unspecified atom stereocenters. The summed E-state index contributed by atoms with van der Waals surface area (Å²) in [5.41, 5.74) is 2.21. The zero-order chi connectivity index (χ0) is 14.5. The third kappa shape index (κ3) is 3.57. The third-order valence-electron chi connectivity index (χ3n) is 3.10. The lowest BCUT2D eigenvalue weighted by atomic mass is 10.1. The first-order valence-corrected chi connectivity index (χ1v) is 6.50. The number of carbonyl (C=O) groups excluding carboxylic acids is 2. The lowest BCUT2D eigenvalue weighted by Crippen LogP contribution is -2.13. The normalized spacial score (nSPS) is 10.3. The summed E-state index contributed by atoms with van der Waals surface area (Å²) in [6, 6.07) is 8.94. The maximum absolute atomic E-state index is 11.9. The molecule has 0 bridgehead atoms. The molecule has 0 aliphatic heterocycles. The molecule has 0 aliphatic carbocycles. The van der Waals surface area contributed by atoms with E-state index in [2.05, 4.69) is 5.32 Å². The van der Waals surface area contributed by atoms with Crippen molar-refractivity contribution in [2.24, 2.45) is 0 Å². The largest absolute Gasteiger partial charge is 0.469 e. The minimum atomic E-state index is -0.0924. The van der Waals surface area contributed by atoms with Gasteiger partial charge in [-0.1, -0.05) is 12.1 Å².